The third-order valence-electron chi connectivity index (χ3n) is 5.10. The first-order chi connectivity index (χ1) is 7.94. The standard InChI is InChI=1S/C15H26O2/c1-14(2,16)3-4-17-15-8-11-5-12(9-15)7-13(6-11)10-15/h11-13,16H,3-10H2,1-2H3. The highest BCUT2D eigenvalue weighted by Gasteiger charge is 2.51. The number of hydrogen-bond acceptors (Lipinski definition) is 2. The fraction of sp³-hybridized carbons (Fsp3) is 1.00. The minimum atomic E-state index is -0.581. The van der Waals surface area contributed by atoms with Crippen LogP contribution >= 0.6 is 0 Å². The van der Waals surface area contributed by atoms with Gasteiger partial charge in [0.1, 0.15) is 0 Å². The summed E-state index contributed by atoms with van der Waals surface area (Å²) in [5, 5.41) is 9.75. The Hall–Kier alpha value is -0.0800. The molecule has 0 atom stereocenters. The Morgan fingerprint density at radius 1 is 1.06 bits per heavy atom. The highest BCUT2D eigenvalue weighted by atomic mass is 16.5. The van der Waals surface area contributed by atoms with Crippen LogP contribution in [-0.2, 0) is 4.74 Å². The van der Waals surface area contributed by atoms with E-state index in [2.05, 4.69) is 0 Å². The van der Waals surface area contributed by atoms with Crippen LogP contribution in [-0.4, -0.2) is 22.9 Å². The average molecular weight is 238 g/mol. The topological polar surface area (TPSA) is 29.5 Å². The fourth-order valence-corrected chi connectivity index (χ4v) is 4.73. The zero-order valence-electron chi connectivity index (χ0n) is 11.2. The molecule has 0 spiro atoms. The molecule has 4 saturated carbocycles. The molecule has 0 unspecified atom stereocenters. The highest BCUT2D eigenvalue weighted by molar-refractivity contribution is 5.03. The molecule has 4 aliphatic rings. The minimum absolute atomic E-state index is 0.208. The second-order valence-corrected chi connectivity index (χ2v) is 7.51. The fourth-order valence-electron chi connectivity index (χ4n) is 4.73. The van der Waals surface area contributed by atoms with E-state index in [-0.39, 0.29) is 5.60 Å². The second-order valence-electron chi connectivity index (χ2n) is 7.51. The Labute approximate surface area is 105 Å². The number of ether oxygens (including phenoxy) is 1. The quantitative estimate of drug-likeness (QED) is 0.815. The van der Waals surface area contributed by atoms with Gasteiger partial charge in [0.15, 0.2) is 0 Å². The molecule has 0 radical (unpaired) electrons. The Bertz CT molecular complexity index is 255. The normalized spacial score (nSPS) is 44.3. The second kappa shape index (κ2) is 3.96. The maximum Gasteiger partial charge on any atom is 0.0690 e. The molecule has 0 aromatic heterocycles. The first-order valence-corrected chi connectivity index (χ1v) is 7.30. The Morgan fingerprint density at radius 3 is 1.94 bits per heavy atom. The lowest BCUT2D eigenvalue weighted by Gasteiger charge is -2.56. The van der Waals surface area contributed by atoms with Crippen LogP contribution in [0.3, 0.4) is 0 Å². The van der Waals surface area contributed by atoms with E-state index in [4.69, 9.17) is 4.74 Å². The van der Waals surface area contributed by atoms with Crippen LogP contribution in [0.4, 0.5) is 0 Å². The summed E-state index contributed by atoms with van der Waals surface area (Å²) in [4.78, 5) is 0. The van der Waals surface area contributed by atoms with Crippen LogP contribution in [0.2, 0.25) is 0 Å². The van der Waals surface area contributed by atoms with Crippen LogP contribution in [0.1, 0.15) is 58.8 Å². The summed E-state index contributed by atoms with van der Waals surface area (Å²) < 4.78 is 6.26. The molecular weight excluding hydrogens is 212 g/mol. The van der Waals surface area contributed by atoms with Gasteiger partial charge >= 0.3 is 0 Å². The molecule has 98 valence electrons. The first-order valence-electron chi connectivity index (χ1n) is 7.30. The maximum absolute atomic E-state index is 9.75. The van der Waals surface area contributed by atoms with Crippen molar-refractivity contribution in [3.63, 3.8) is 0 Å². The lowest BCUT2D eigenvalue weighted by atomic mass is 9.54. The first kappa shape index (κ1) is 12.0. The molecule has 2 nitrogen and oxygen atoms in total. The molecule has 0 heterocycles. The summed E-state index contributed by atoms with van der Waals surface area (Å²) in [6.45, 7) is 4.47. The van der Waals surface area contributed by atoms with Gasteiger partial charge in [-0.2, -0.15) is 0 Å². The molecule has 0 saturated heterocycles. The summed E-state index contributed by atoms with van der Waals surface area (Å²) in [6.07, 6.45) is 9.05. The van der Waals surface area contributed by atoms with Gasteiger partial charge in [0.05, 0.1) is 17.8 Å². The largest absolute Gasteiger partial charge is 0.390 e. The molecule has 1 N–H and O–H groups in total. The van der Waals surface area contributed by atoms with Crippen molar-refractivity contribution in [2.24, 2.45) is 17.8 Å². The van der Waals surface area contributed by atoms with Crippen molar-refractivity contribution in [3.05, 3.63) is 0 Å². The van der Waals surface area contributed by atoms with Gasteiger partial charge < -0.3 is 9.84 Å². The van der Waals surface area contributed by atoms with E-state index in [9.17, 15) is 5.11 Å². The molecule has 17 heavy (non-hydrogen) atoms. The van der Waals surface area contributed by atoms with E-state index in [1.54, 1.807) is 0 Å². The summed E-state index contributed by atoms with van der Waals surface area (Å²) in [6, 6.07) is 0. The molecular formula is C15H26O2. The van der Waals surface area contributed by atoms with Gasteiger partial charge in [0.2, 0.25) is 0 Å². The maximum atomic E-state index is 9.75. The molecule has 0 aromatic rings. The molecule has 4 bridgehead atoms. The summed E-state index contributed by atoms with van der Waals surface area (Å²) >= 11 is 0. The third-order valence-corrected chi connectivity index (χ3v) is 5.10. The third kappa shape index (κ3) is 2.53. The van der Waals surface area contributed by atoms with Crippen LogP contribution in [0.25, 0.3) is 0 Å². The van der Waals surface area contributed by atoms with Crippen molar-refractivity contribution in [3.8, 4) is 0 Å². The predicted octanol–water partition coefficient (Wildman–Crippen LogP) is 3.13. The number of rotatable bonds is 4. The zero-order valence-corrected chi connectivity index (χ0v) is 11.2. The molecule has 0 aliphatic heterocycles. The van der Waals surface area contributed by atoms with E-state index in [1.807, 2.05) is 13.8 Å². The van der Waals surface area contributed by atoms with E-state index in [0.717, 1.165) is 30.8 Å². The number of aliphatic hydroxyl groups is 1. The van der Waals surface area contributed by atoms with Gasteiger partial charge in [-0.05, 0) is 76.5 Å². The molecule has 4 rings (SSSR count). The van der Waals surface area contributed by atoms with E-state index < -0.39 is 5.60 Å². The van der Waals surface area contributed by atoms with Crippen LogP contribution in [0.15, 0.2) is 0 Å². The van der Waals surface area contributed by atoms with Crippen LogP contribution in [0.5, 0.6) is 0 Å². The van der Waals surface area contributed by atoms with Crippen molar-refractivity contribution in [1.82, 2.24) is 0 Å². The van der Waals surface area contributed by atoms with Crippen molar-refractivity contribution in [2.75, 3.05) is 6.61 Å². The smallest absolute Gasteiger partial charge is 0.0690 e. The van der Waals surface area contributed by atoms with E-state index >= 15 is 0 Å². The van der Waals surface area contributed by atoms with Gasteiger partial charge in [-0.15, -0.1) is 0 Å². The predicted molar refractivity (Wildman–Crippen MR) is 67.8 cm³/mol. The molecule has 2 heteroatoms. The zero-order chi connectivity index (χ0) is 12.1. The summed E-state index contributed by atoms with van der Waals surface area (Å²) in [7, 11) is 0. The van der Waals surface area contributed by atoms with Gasteiger partial charge in [-0.25, -0.2) is 0 Å². The lowest BCUT2D eigenvalue weighted by Crippen LogP contribution is -2.52. The minimum Gasteiger partial charge on any atom is -0.390 e. The Kier molecular flexibility index (Phi) is 2.79. The highest BCUT2D eigenvalue weighted by Crippen LogP contribution is 2.57. The molecule has 0 amide bonds. The Morgan fingerprint density at radius 2 is 1.53 bits per heavy atom. The van der Waals surface area contributed by atoms with Gasteiger partial charge in [-0.3, -0.25) is 0 Å². The molecule has 4 aliphatic carbocycles. The Balaban J connectivity index is 1.59. The SMILES string of the molecule is CC(C)(O)CCOC12CC3CC(CC(C3)C1)C2. The van der Waals surface area contributed by atoms with Crippen molar-refractivity contribution < 1.29 is 9.84 Å². The van der Waals surface area contributed by atoms with Crippen molar-refractivity contribution in [1.29, 1.82) is 0 Å². The summed E-state index contributed by atoms with van der Waals surface area (Å²) in [5.74, 6) is 2.84. The van der Waals surface area contributed by atoms with E-state index in [0.29, 0.717) is 0 Å². The lowest BCUT2D eigenvalue weighted by molar-refractivity contribution is -0.167. The average Bonchev–Trinajstić information content (AvgIpc) is 2.11. The number of hydrogen-bond donors (Lipinski definition) is 1. The van der Waals surface area contributed by atoms with Gasteiger partial charge in [0, 0.05) is 0 Å². The van der Waals surface area contributed by atoms with Crippen molar-refractivity contribution in [2.45, 2.75) is 70.0 Å². The van der Waals surface area contributed by atoms with Crippen molar-refractivity contribution >= 4 is 0 Å². The molecule has 4 fully saturated rings. The van der Waals surface area contributed by atoms with Gasteiger partial charge in [0.25, 0.3) is 0 Å². The van der Waals surface area contributed by atoms with E-state index in [1.165, 1.54) is 38.5 Å². The van der Waals surface area contributed by atoms with Crippen LogP contribution < -0.4 is 0 Å². The van der Waals surface area contributed by atoms with Crippen LogP contribution in [0, 0.1) is 17.8 Å². The monoisotopic (exact) mass is 238 g/mol. The van der Waals surface area contributed by atoms with Gasteiger partial charge in [-0.1, -0.05) is 0 Å². The summed E-state index contributed by atoms with van der Waals surface area (Å²) in [5.41, 5.74) is -0.373. The molecule has 0 aromatic carbocycles.